The minimum Gasteiger partial charge on any atom is -0.355 e. The molecule has 0 unspecified atom stereocenters. The molecule has 0 saturated carbocycles. The zero-order valence-corrected chi connectivity index (χ0v) is 30.0. The molecule has 4 N–H and O–H groups in total. The number of nitrogens with one attached hydrogen (secondary N) is 4. The van der Waals surface area contributed by atoms with E-state index < -0.39 is 0 Å². The Balaban J connectivity index is 0.000000130. The van der Waals surface area contributed by atoms with Crippen molar-refractivity contribution in [2.75, 3.05) is 0 Å². The summed E-state index contributed by atoms with van der Waals surface area (Å²) in [4.78, 5) is 33.0. The molecule has 0 aliphatic carbocycles. The predicted molar refractivity (Wildman–Crippen MR) is 229 cm³/mol. The topological polar surface area (TPSA) is 115 Å². The molecule has 8 heteroatoms. The van der Waals surface area contributed by atoms with Gasteiger partial charge >= 0.3 is 0 Å². The minimum absolute atomic E-state index is 0.911. The molecule has 264 valence electrons. The van der Waals surface area contributed by atoms with Gasteiger partial charge in [-0.05, 0) is 121 Å². The van der Waals surface area contributed by atoms with E-state index in [2.05, 4.69) is 166 Å². The lowest BCUT2D eigenvalue weighted by atomic mass is 10.0. The number of hydrogen-bond acceptors (Lipinski definition) is 4. The highest BCUT2D eigenvalue weighted by molar-refractivity contribution is 5.89. The van der Waals surface area contributed by atoms with E-state index in [9.17, 15) is 0 Å². The Morgan fingerprint density at radius 3 is 0.857 bits per heavy atom. The Hall–Kier alpha value is -7.84. The minimum atomic E-state index is 0.911. The summed E-state index contributed by atoms with van der Waals surface area (Å²) in [6.07, 6.45) is 8.12. The smallest absolute Gasteiger partial charge is 0.0737 e. The zero-order chi connectivity index (χ0) is 37.0. The van der Waals surface area contributed by atoms with Crippen LogP contribution in [0.2, 0.25) is 0 Å². The van der Waals surface area contributed by atoms with Crippen LogP contribution in [0.3, 0.4) is 0 Å². The molecule has 0 spiro atoms. The summed E-state index contributed by atoms with van der Waals surface area (Å²) in [6.45, 7) is 0. The van der Waals surface area contributed by atoms with Crippen LogP contribution >= 0.6 is 0 Å². The molecule has 4 aliphatic heterocycles. The summed E-state index contributed by atoms with van der Waals surface area (Å²) in [7, 11) is 0. The quantitative estimate of drug-likeness (QED) is 0.125. The van der Waals surface area contributed by atoms with E-state index in [4.69, 9.17) is 19.9 Å². The van der Waals surface area contributed by atoms with Gasteiger partial charge in [0.25, 0.3) is 0 Å². The van der Waals surface area contributed by atoms with E-state index in [1.54, 1.807) is 0 Å². The lowest BCUT2D eigenvalue weighted by molar-refractivity contribution is 1.31. The average Bonchev–Trinajstić information content (AvgIpc) is 4.07. The lowest BCUT2D eigenvalue weighted by Crippen LogP contribution is -1.77. The number of aromatic amines is 4. The van der Waals surface area contributed by atoms with Crippen LogP contribution in [0.4, 0.5) is 0 Å². The normalized spacial score (nSPS) is 12.1. The summed E-state index contributed by atoms with van der Waals surface area (Å²) in [5, 5.41) is 0. The Morgan fingerprint density at radius 1 is 0.250 bits per heavy atom. The van der Waals surface area contributed by atoms with Gasteiger partial charge < -0.3 is 19.9 Å². The molecule has 0 atom stereocenters. The van der Waals surface area contributed by atoms with Gasteiger partial charge in [0.2, 0.25) is 0 Å². The zero-order valence-electron chi connectivity index (χ0n) is 30.0. The number of aromatic nitrogens is 8. The molecule has 0 saturated heterocycles. The monoisotopic (exact) mass is 720 g/mol. The largest absolute Gasteiger partial charge is 0.355 e. The van der Waals surface area contributed by atoms with Crippen molar-refractivity contribution in [1.29, 1.82) is 0 Å². The Morgan fingerprint density at radius 2 is 0.518 bits per heavy atom. The van der Waals surface area contributed by atoms with Crippen molar-refractivity contribution in [1.82, 2.24) is 39.9 Å². The first-order valence-electron chi connectivity index (χ1n) is 18.5. The van der Waals surface area contributed by atoms with Crippen molar-refractivity contribution in [3.63, 3.8) is 0 Å². The van der Waals surface area contributed by atoms with E-state index in [-0.39, 0.29) is 0 Å². The van der Waals surface area contributed by atoms with Crippen LogP contribution in [-0.2, 0) is 0 Å². The van der Waals surface area contributed by atoms with E-state index in [1.165, 1.54) is 0 Å². The highest BCUT2D eigenvalue weighted by Gasteiger charge is 2.17. The molecule has 4 aliphatic rings. The van der Waals surface area contributed by atoms with Crippen molar-refractivity contribution in [3.05, 3.63) is 168 Å². The van der Waals surface area contributed by atoms with E-state index in [0.717, 1.165) is 112 Å². The van der Waals surface area contributed by atoms with Crippen molar-refractivity contribution in [2.45, 2.75) is 0 Å². The SMILES string of the molecule is C1=Cc2cc3ccc(cc4ccc(cc5nc(cc1n2)-c1ccccc1-5)[nH]4)[nH]3.C1=Cc2cc3ccc(cc4ccc(cc5nc(cc1n2)-c1ccccc1-5)[nH]4)[nH]3. The first kappa shape index (κ1) is 31.7. The molecule has 12 rings (SSSR count). The van der Waals surface area contributed by atoms with Gasteiger partial charge in [-0.25, -0.2) is 19.9 Å². The third kappa shape index (κ3) is 6.11. The number of fused-ring (bicyclic) bond motifs is 22. The molecule has 8 aromatic rings. The lowest BCUT2D eigenvalue weighted by Gasteiger charge is -1.97. The summed E-state index contributed by atoms with van der Waals surface area (Å²) in [5.41, 5.74) is 20.3. The molecule has 0 radical (unpaired) electrons. The number of H-pyrrole nitrogens is 4. The fourth-order valence-electron chi connectivity index (χ4n) is 7.53. The van der Waals surface area contributed by atoms with Gasteiger partial charge in [-0.3, -0.25) is 0 Å². The summed E-state index contributed by atoms with van der Waals surface area (Å²) >= 11 is 0. The van der Waals surface area contributed by atoms with Crippen LogP contribution in [0.1, 0.15) is 22.8 Å². The average molecular weight is 721 g/mol. The van der Waals surface area contributed by atoms with Gasteiger partial charge in [0, 0.05) is 66.4 Å². The molecule has 10 heterocycles. The molecule has 8 nitrogen and oxygen atoms in total. The number of rotatable bonds is 0. The third-order valence-electron chi connectivity index (χ3n) is 10.1. The highest BCUT2D eigenvalue weighted by atomic mass is 14.8. The predicted octanol–water partition coefficient (Wildman–Crippen LogP) is 11.6. The van der Waals surface area contributed by atoms with Gasteiger partial charge in [0.1, 0.15) is 0 Å². The molecular weight excluding hydrogens is 689 g/mol. The molecule has 2 aromatic carbocycles. The van der Waals surface area contributed by atoms with Gasteiger partial charge in [0.05, 0.1) is 45.6 Å². The van der Waals surface area contributed by atoms with Gasteiger partial charge in [0.15, 0.2) is 0 Å². The van der Waals surface area contributed by atoms with Crippen LogP contribution in [0, 0.1) is 0 Å². The van der Waals surface area contributed by atoms with Gasteiger partial charge in [-0.1, -0.05) is 48.5 Å². The molecular formula is C48H32N8. The Bertz CT molecular complexity index is 3060. The fourth-order valence-corrected chi connectivity index (χ4v) is 7.53. The second-order valence-corrected chi connectivity index (χ2v) is 14.1. The first-order valence-corrected chi connectivity index (χ1v) is 18.5. The highest BCUT2D eigenvalue weighted by Crippen LogP contribution is 2.37. The Labute approximate surface area is 320 Å². The number of hydrogen-bond donors (Lipinski definition) is 4. The maximum absolute atomic E-state index is 4.90. The molecule has 56 heavy (non-hydrogen) atoms. The van der Waals surface area contributed by atoms with E-state index in [1.807, 2.05) is 24.3 Å². The fraction of sp³-hybridized carbons (Fsp3) is 0. The standard InChI is InChI=1S/2C24H16N4/c2*1-2-4-22-21(3-1)23-13-19-9-7-17(26-19)11-15-5-6-16(25-15)12-18-8-10-20(27-18)14-24(22)28-23/h2*1-14,25-26H. The Kier molecular flexibility index (Phi) is 7.31. The maximum atomic E-state index is 4.90. The van der Waals surface area contributed by atoms with Crippen molar-refractivity contribution < 1.29 is 0 Å². The molecule has 0 fully saturated rings. The van der Waals surface area contributed by atoms with Crippen molar-refractivity contribution in [3.8, 4) is 45.0 Å². The second kappa shape index (κ2) is 12.9. The summed E-state index contributed by atoms with van der Waals surface area (Å²) in [5.74, 6) is 0. The van der Waals surface area contributed by atoms with Crippen LogP contribution in [-0.4, -0.2) is 39.9 Å². The molecule has 0 amide bonds. The maximum Gasteiger partial charge on any atom is 0.0737 e. The van der Waals surface area contributed by atoms with Crippen LogP contribution in [0.5, 0.6) is 0 Å². The number of benzene rings is 2. The van der Waals surface area contributed by atoms with Crippen molar-refractivity contribution in [2.24, 2.45) is 0 Å². The second-order valence-electron chi connectivity index (χ2n) is 14.1. The van der Waals surface area contributed by atoms with Crippen LogP contribution in [0.15, 0.2) is 146 Å². The van der Waals surface area contributed by atoms with E-state index >= 15 is 0 Å². The van der Waals surface area contributed by atoms with E-state index in [0.29, 0.717) is 0 Å². The molecule has 16 bridgehead atoms. The van der Waals surface area contributed by atoms with Gasteiger partial charge in [-0.2, -0.15) is 0 Å². The first-order chi connectivity index (χ1) is 27.6. The van der Waals surface area contributed by atoms with Crippen LogP contribution < -0.4 is 0 Å². The van der Waals surface area contributed by atoms with Crippen molar-refractivity contribution >= 4 is 68.4 Å². The summed E-state index contributed by atoms with van der Waals surface area (Å²) < 4.78 is 0. The number of nitrogens with zero attached hydrogens (tertiary/aromatic N) is 4. The van der Waals surface area contributed by atoms with Gasteiger partial charge in [-0.15, -0.1) is 0 Å². The van der Waals surface area contributed by atoms with Crippen LogP contribution in [0.25, 0.3) is 113 Å². The molecule has 6 aromatic heterocycles. The summed E-state index contributed by atoms with van der Waals surface area (Å²) in [6, 6.07) is 49.9. The third-order valence-corrected chi connectivity index (χ3v) is 10.1.